The van der Waals surface area contributed by atoms with E-state index in [0.717, 1.165) is 18.7 Å². The standard InChI is InChI=1S/C13H13BrFN3O/c1-19-9-4-5-10(11(15)6-9)13-17-16-12(7-14)18(13)8-2-3-8/h4-6,8H,2-3,7H2,1H3. The highest BCUT2D eigenvalue weighted by Gasteiger charge is 2.30. The molecule has 0 radical (unpaired) electrons. The average Bonchev–Trinajstić information content (AvgIpc) is 3.18. The predicted molar refractivity (Wildman–Crippen MR) is 72.9 cm³/mol. The molecule has 0 N–H and O–H groups in total. The maximum absolute atomic E-state index is 14.1. The Morgan fingerprint density at radius 1 is 1.42 bits per heavy atom. The third-order valence-corrected chi connectivity index (χ3v) is 3.72. The monoisotopic (exact) mass is 325 g/mol. The van der Waals surface area contributed by atoms with Crippen LogP contribution in [0.5, 0.6) is 5.75 Å². The maximum atomic E-state index is 14.1. The van der Waals surface area contributed by atoms with Gasteiger partial charge in [0.1, 0.15) is 17.4 Å². The molecule has 2 aromatic rings. The predicted octanol–water partition coefficient (Wildman–Crippen LogP) is 3.32. The van der Waals surface area contributed by atoms with Crippen LogP contribution >= 0.6 is 15.9 Å². The van der Waals surface area contributed by atoms with Gasteiger partial charge in [-0.25, -0.2) is 4.39 Å². The van der Waals surface area contributed by atoms with Crippen LogP contribution in [0.25, 0.3) is 11.4 Å². The number of alkyl halides is 1. The third kappa shape index (κ3) is 2.25. The van der Waals surface area contributed by atoms with E-state index in [-0.39, 0.29) is 5.82 Å². The van der Waals surface area contributed by atoms with Gasteiger partial charge in [-0.1, -0.05) is 15.9 Å². The average molecular weight is 326 g/mol. The van der Waals surface area contributed by atoms with Crippen molar-refractivity contribution in [3.8, 4) is 17.1 Å². The Morgan fingerprint density at radius 2 is 2.21 bits per heavy atom. The molecule has 0 atom stereocenters. The summed E-state index contributed by atoms with van der Waals surface area (Å²) in [6, 6.07) is 5.20. The van der Waals surface area contributed by atoms with Crippen molar-refractivity contribution in [1.82, 2.24) is 14.8 Å². The smallest absolute Gasteiger partial charge is 0.167 e. The zero-order chi connectivity index (χ0) is 13.4. The number of hydrogen-bond donors (Lipinski definition) is 0. The molecule has 0 aliphatic heterocycles. The number of nitrogens with zero attached hydrogens (tertiary/aromatic N) is 3. The zero-order valence-electron chi connectivity index (χ0n) is 10.4. The second kappa shape index (κ2) is 4.92. The molecule has 4 nitrogen and oxygen atoms in total. The van der Waals surface area contributed by atoms with Crippen LogP contribution in [-0.4, -0.2) is 21.9 Å². The topological polar surface area (TPSA) is 39.9 Å². The maximum Gasteiger partial charge on any atom is 0.167 e. The van der Waals surface area contributed by atoms with Crippen LogP contribution in [0.1, 0.15) is 24.7 Å². The number of halogens is 2. The Hall–Kier alpha value is -1.43. The minimum absolute atomic E-state index is 0.338. The van der Waals surface area contributed by atoms with E-state index in [0.29, 0.717) is 28.5 Å². The van der Waals surface area contributed by atoms with Gasteiger partial charge < -0.3 is 9.30 Å². The molecule has 0 spiro atoms. The fourth-order valence-electron chi connectivity index (χ4n) is 2.12. The number of methoxy groups -OCH3 is 1. The first-order chi connectivity index (χ1) is 9.24. The van der Waals surface area contributed by atoms with Gasteiger partial charge in [-0.2, -0.15) is 0 Å². The second-order valence-corrected chi connectivity index (χ2v) is 5.08. The lowest BCUT2D eigenvalue weighted by molar-refractivity contribution is 0.411. The van der Waals surface area contributed by atoms with Crippen molar-refractivity contribution >= 4 is 15.9 Å². The van der Waals surface area contributed by atoms with Crippen molar-refractivity contribution in [2.75, 3.05) is 7.11 Å². The molecule has 1 aliphatic carbocycles. The van der Waals surface area contributed by atoms with E-state index in [9.17, 15) is 4.39 Å². The van der Waals surface area contributed by atoms with Crippen molar-refractivity contribution in [1.29, 1.82) is 0 Å². The van der Waals surface area contributed by atoms with Gasteiger partial charge in [-0.3, -0.25) is 0 Å². The summed E-state index contributed by atoms with van der Waals surface area (Å²) in [6.45, 7) is 0. The van der Waals surface area contributed by atoms with E-state index < -0.39 is 0 Å². The third-order valence-electron chi connectivity index (χ3n) is 3.22. The van der Waals surface area contributed by atoms with Gasteiger partial charge in [0.2, 0.25) is 0 Å². The molecule has 1 saturated carbocycles. The summed E-state index contributed by atoms with van der Waals surface area (Å²) >= 11 is 3.39. The molecule has 1 aliphatic rings. The first-order valence-corrected chi connectivity index (χ1v) is 7.20. The van der Waals surface area contributed by atoms with Crippen molar-refractivity contribution in [2.24, 2.45) is 0 Å². The SMILES string of the molecule is COc1ccc(-c2nnc(CBr)n2C2CC2)c(F)c1. The van der Waals surface area contributed by atoms with Gasteiger partial charge in [0, 0.05) is 12.1 Å². The molecular weight excluding hydrogens is 313 g/mol. The van der Waals surface area contributed by atoms with E-state index in [1.54, 1.807) is 12.1 Å². The van der Waals surface area contributed by atoms with Crippen LogP contribution in [0, 0.1) is 5.82 Å². The van der Waals surface area contributed by atoms with Crippen LogP contribution in [-0.2, 0) is 5.33 Å². The first-order valence-electron chi connectivity index (χ1n) is 6.08. The molecule has 0 saturated heterocycles. The Kier molecular flexibility index (Phi) is 3.26. The molecule has 0 unspecified atom stereocenters. The van der Waals surface area contributed by atoms with Gasteiger partial charge in [0.15, 0.2) is 5.82 Å². The Labute approximate surface area is 118 Å². The van der Waals surface area contributed by atoms with Crippen LogP contribution < -0.4 is 4.74 Å². The van der Waals surface area contributed by atoms with Gasteiger partial charge in [0.05, 0.1) is 18.0 Å². The zero-order valence-corrected chi connectivity index (χ0v) is 12.0. The van der Waals surface area contributed by atoms with E-state index in [1.165, 1.54) is 13.2 Å². The summed E-state index contributed by atoms with van der Waals surface area (Å²) in [5.41, 5.74) is 0.465. The molecular formula is C13H13BrFN3O. The van der Waals surface area contributed by atoms with E-state index in [2.05, 4.69) is 26.1 Å². The Bertz CT molecular complexity index is 610. The number of aromatic nitrogens is 3. The van der Waals surface area contributed by atoms with Crippen LogP contribution in [0.2, 0.25) is 0 Å². The van der Waals surface area contributed by atoms with Gasteiger partial charge in [-0.05, 0) is 25.0 Å². The molecule has 1 aromatic heterocycles. The number of hydrogen-bond acceptors (Lipinski definition) is 3. The number of rotatable bonds is 4. The Balaban J connectivity index is 2.09. The summed E-state index contributed by atoms with van der Waals surface area (Å²) in [6.07, 6.45) is 2.20. The van der Waals surface area contributed by atoms with Crippen molar-refractivity contribution in [2.45, 2.75) is 24.2 Å². The first kappa shape index (κ1) is 12.6. The largest absolute Gasteiger partial charge is 0.497 e. The lowest BCUT2D eigenvalue weighted by atomic mass is 10.2. The van der Waals surface area contributed by atoms with Crippen LogP contribution in [0.15, 0.2) is 18.2 Å². The number of benzene rings is 1. The van der Waals surface area contributed by atoms with Crippen LogP contribution in [0.3, 0.4) is 0 Å². The highest BCUT2D eigenvalue weighted by atomic mass is 79.9. The lowest BCUT2D eigenvalue weighted by Crippen LogP contribution is -2.03. The molecule has 0 amide bonds. The minimum atomic E-state index is -0.338. The normalized spacial score (nSPS) is 14.7. The van der Waals surface area contributed by atoms with E-state index in [4.69, 9.17) is 4.74 Å². The Morgan fingerprint density at radius 3 is 2.79 bits per heavy atom. The van der Waals surface area contributed by atoms with Gasteiger partial charge in [-0.15, -0.1) is 10.2 Å². The van der Waals surface area contributed by atoms with Crippen LogP contribution in [0.4, 0.5) is 4.39 Å². The molecule has 3 rings (SSSR count). The fourth-order valence-corrected chi connectivity index (χ4v) is 2.50. The summed E-state index contributed by atoms with van der Waals surface area (Å²) < 4.78 is 21.2. The van der Waals surface area contributed by atoms with E-state index >= 15 is 0 Å². The summed E-state index contributed by atoms with van der Waals surface area (Å²) in [4.78, 5) is 0. The summed E-state index contributed by atoms with van der Waals surface area (Å²) in [5, 5.41) is 8.88. The summed E-state index contributed by atoms with van der Waals surface area (Å²) in [5.74, 6) is 1.60. The fraction of sp³-hybridized carbons (Fsp3) is 0.385. The van der Waals surface area contributed by atoms with Gasteiger partial charge >= 0.3 is 0 Å². The quantitative estimate of drug-likeness (QED) is 0.809. The van der Waals surface area contributed by atoms with Gasteiger partial charge in [0.25, 0.3) is 0 Å². The molecule has 1 fully saturated rings. The number of ether oxygens (including phenoxy) is 1. The lowest BCUT2D eigenvalue weighted by Gasteiger charge is -2.09. The van der Waals surface area contributed by atoms with Crippen molar-refractivity contribution in [3.63, 3.8) is 0 Å². The van der Waals surface area contributed by atoms with E-state index in [1.807, 2.05) is 4.57 Å². The molecule has 0 bridgehead atoms. The highest BCUT2D eigenvalue weighted by Crippen LogP contribution is 2.40. The molecule has 1 aromatic carbocycles. The summed E-state index contributed by atoms with van der Waals surface area (Å²) in [7, 11) is 1.52. The van der Waals surface area contributed by atoms with Crippen molar-refractivity contribution in [3.05, 3.63) is 29.8 Å². The highest BCUT2D eigenvalue weighted by molar-refractivity contribution is 9.08. The second-order valence-electron chi connectivity index (χ2n) is 4.52. The molecule has 1 heterocycles. The minimum Gasteiger partial charge on any atom is -0.497 e. The molecule has 100 valence electrons. The van der Waals surface area contributed by atoms with Crippen molar-refractivity contribution < 1.29 is 9.13 Å². The molecule has 19 heavy (non-hydrogen) atoms. The molecule has 6 heteroatoms.